The number of carbonyl (C=O) groups excluding carboxylic acids is 1. The van der Waals surface area contributed by atoms with Crippen molar-refractivity contribution in [2.24, 2.45) is 0 Å². The van der Waals surface area contributed by atoms with Gasteiger partial charge in [-0.15, -0.1) is 0 Å². The van der Waals surface area contributed by atoms with E-state index in [2.05, 4.69) is 15.9 Å². The second-order valence-electron chi connectivity index (χ2n) is 3.87. The minimum Gasteiger partial charge on any atom is -0.496 e. The number of hydrogen-bond donors (Lipinski definition) is 0. The molecular formula is C13H17BrClNO3. The molecule has 1 amide bonds. The Morgan fingerprint density at radius 1 is 1.42 bits per heavy atom. The first-order valence-corrected chi connectivity index (χ1v) is 7.32. The molecule has 1 aromatic rings. The second kappa shape index (κ2) is 8.40. The van der Waals surface area contributed by atoms with Gasteiger partial charge in [-0.2, -0.15) is 0 Å². The van der Waals surface area contributed by atoms with Crippen LogP contribution in [-0.4, -0.2) is 50.1 Å². The van der Waals surface area contributed by atoms with Crippen LogP contribution in [-0.2, 0) is 4.74 Å². The van der Waals surface area contributed by atoms with E-state index in [0.717, 1.165) is 5.33 Å². The lowest BCUT2D eigenvalue weighted by Gasteiger charge is -2.18. The highest BCUT2D eigenvalue weighted by Gasteiger charge is 2.16. The summed E-state index contributed by atoms with van der Waals surface area (Å²) >= 11 is 9.14. The summed E-state index contributed by atoms with van der Waals surface area (Å²) in [6.07, 6.45) is 0. The SMILES string of the molecule is COc1cc(Cl)ccc1C(=O)N(C)CCOCCBr. The molecule has 0 fully saturated rings. The summed E-state index contributed by atoms with van der Waals surface area (Å²) in [6.45, 7) is 1.66. The van der Waals surface area contributed by atoms with Crippen LogP contribution in [0.2, 0.25) is 5.02 Å². The molecule has 0 radical (unpaired) electrons. The van der Waals surface area contributed by atoms with Crippen molar-refractivity contribution in [1.82, 2.24) is 4.90 Å². The van der Waals surface area contributed by atoms with Crippen LogP contribution in [0.5, 0.6) is 5.75 Å². The minimum atomic E-state index is -0.115. The van der Waals surface area contributed by atoms with Crippen molar-refractivity contribution in [3.8, 4) is 5.75 Å². The number of halogens is 2. The first kappa shape index (κ1) is 16.3. The smallest absolute Gasteiger partial charge is 0.257 e. The predicted molar refractivity (Wildman–Crippen MR) is 79.6 cm³/mol. The van der Waals surface area contributed by atoms with Crippen LogP contribution in [0.4, 0.5) is 0 Å². The van der Waals surface area contributed by atoms with Crippen molar-refractivity contribution in [1.29, 1.82) is 0 Å². The van der Waals surface area contributed by atoms with Crippen molar-refractivity contribution >= 4 is 33.4 Å². The van der Waals surface area contributed by atoms with Gasteiger partial charge in [-0.3, -0.25) is 4.79 Å². The monoisotopic (exact) mass is 349 g/mol. The molecule has 19 heavy (non-hydrogen) atoms. The van der Waals surface area contributed by atoms with Crippen molar-refractivity contribution < 1.29 is 14.3 Å². The second-order valence-corrected chi connectivity index (χ2v) is 5.10. The molecule has 106 valence electrons. The number of amides is 1. The van der Waals surface area contributed by atoms with E-state index in [4.69, 9.17) is 21.1 Å². The molecule has 0 atom stereocenters. The Labute approximate surface area is 126 Å². The van der Waals surface area contributed by atoms with E-state index in [1.54, 1.807) is 30.1 Å². The normalized spacial score (nSPS) is 10.3. The third-order valence-corrected chi connectivity index (χ3v) is 3.09. The van der Waals surface area contributed by atoms with E-state index in [1.165, 1.54) is 7.11 Å². The van der Waals surface area contributed by atoms with Crippen molar-refractivity contribution in [2.75, 3.05) is 39.2 Å². The molecule has 0 spiro atoms. The number of ether oxygens (including phenoxy) is 2. The number of rotatable bonds is 7. The summed E-state index contributed by atoms with van der Waals surface area (Å²) < 4.78 is 10.5. The number of alkyl halides is 1. The zero-order valence-electron chi connectivity index (χ0n) is 11.0. The van der Waals surface area contributed by atoms with E-state index in [1.807, 2.05) is 0 Å². The molecular weight excluding hydrogens is 334 g/mol. The maximum absolute atomic E-state index is 12.2. The number of methoxy groups -OCH3 is 1. The molecule has 0 aromatic heterocycles. The summed E-state index contributed by atoms with van der Waals surface area (Å²) in [5.41, 5.74) is 0.495. The van der Waals surface area contributed by atoms with Gasteiger partial charge in [-0.1, -0.05) is 27.5 Å². The highest BCUT2D eigenvalue weighted by atomic mass is 79.9. The van der Waals surface area contributed by atoms with Crippen LogP contribution >= 0.6 is 27.5 Å². The molecule has 0 N–H and O–H groups in total. The minimum absolute atomic E-state index is 0.115. The summed E-state index contributed by atoms with van der Waals surface area (Å²) in [6, 6.07) is 4.97. The number of hydrogen-bond acceptors (Lipinski definition) is 3. The van der Waals surface area contributed by atoms with Gasteiger partial charge in [0.1, 0.15) is 5.75 Å². The summed E-state index contributed by atoms with van der Waals surface area (Å²) in [5, 5.41) is 1.33. The summed E-state index contributed by atoms with van der Waals surface area (Å²) in [7, 11) is 3.25. The van der Waals surface area contributed by atoms with Crippen molar-refractivity contribution in [2.45, 2.75) is 0 Å². The van der Waals surface area contributed by atoms with E-state index < -0.39 is 0 Å². The number of benzene rings is 1. The maximum Gasteiger partial charge on any atom is 0.257 e. The molecule has 0 aliphatic carbocycles. The first-order valence-electron chi connectivity index (χ1n) is 5.83. The molecule has 0 bridgehead atoms. The quantitative estimate of drug-likeness (QED) is 0.561. The average molecular weight is 351 g/mol. The predicted octanol–water partition coefficient (Wildman–Crippen LogP) is 2.83. The van der Waals surface area contributed by atoms with Gasteiger partial charge in [0, 0.05) is 23.9 Å². The van der Waals surface area contributed by atoms with E-state index in [9.17, 15) is 4.79 Å². The van der Waals surface area contributed by atoms with Gasteiger partial charge >= 0.3 is 0 Å². The fourth-order valence-corrected chi connectivity index (χ4v) is 1.90. The molecule has 4 nitrogen and oxygen atoms in total. The lowest BCUT2D eigenvalue weighted by molar-refractivity contribution is 0.0710. The Kier molecular flexibility index (Phi) is 7.20. The Balaban J connectivity index is 2.66. The third kappa shape index (κ3) is 5.01. The largest absolute Gasteiger partial charge is 0.496 e. The van der Waals surface area contributed by atoms with Gasteiger partial charge in [-0.25, -0.2) is 0 Å². The molecule has 0 saturated heterocycles. The molecule has 1 rings (SSSR count). The summed E-state index contributed by atoms with van der Waals surface area (Å²) in [5.74, 6) is 0.363. The fourth-order valence-electron chi connectivity index (χ4n) is 1.51. The number of carbonyl (C=O) groups is 1. The Bertz CT molecular complexity index is 428. The summed E-state index contributed by atoms with van der Waals surface area (Å²) in [4.78, 5) is 13.8. The van der Waals surface area contributed by atoms with E-state index in [-0.39, 0.29) is 5.91 Å². The Morgan fingerprint density at radius 3 is 2.79 bits per heavy atom. The van der Waals surface area contributed by atoms with E-state index >= 15 is 0 Å². The van der Waals surface area contributed by atoms with Gasteiger partial charge in [-0.05, 0) is 18.2 Å². The maximum atomic E-state index is 12.2. The van der Waals surface area contributed by atoms with Crippen LogP contribution in [0.25, 0.3) is 0 Å². The topological polar surface area (TPSA) is 38.8 Å². The number of likely N-dealkylation sites (N-methyl/N-ethyl adjacent to an activating group) is 1. The lowest BCUT2D eigenvalue weighted by Crippen LogP contribution is -2.30. The molecule has 0 unspecified atom stereocenters. The van der Waals surface area contributed by atoms with E-state index in [0.29, 0.717) is 36.1 Å². The van der Waals surface area contributed by atoms with Crippen LogP contribution in [0.15, 0.2) is 18.2 Å². The molecule has 6 heteroatoms. The zero-order valence-corrected chi connectivity index (χ0v) is 13.3. The molecule has 1 aromatic carbocycles. The van der Waals surface area contributed by atoms with Gasteiger partial charge in [0.2, 0.25) is 0 Å². The van der Waals surface area contributed by atoms with Gasteiger partial charge in [0.25, 0.3) is 5.91 Å². The zero-order chi connectivity index (χ0) is 14.3. The Hall–Kier alpha value is -0.780. The highest BCUT2D eigenvalue weighted by molar-refractivity contribution is 9.09. The van der Waals surface area contributed by atoms with Gasteiger partial charge in [0.05, 0.1) is 25.9 Å². The van der Waals surface area contributed by atoms with Crippen LogP contribution in [0, 0.1) is 0 Å². The number of nitrogens with zero attached hydrogens (tertiary/aromatic N) is 1. The standard InChI is InChI=1S/C13H17BrClNO3/c1-16(6-8-19-7-5-14)13(17)11-4-3-10(15)9-12(11)18-2/h3-4,9H,5-8H2,1-2H3. The van der Waals surface area contributed by atoms with Crippen LogP contribution in [0.3, 0.4) is 0 Å². The molecule has 0 saturated carbocycles. The fraction of sp³-hybridized carbons (Fsp3) is 0.462. The molecule has 0 heterocycles. The third-order valence-electron chi connectivity index (χ3n) is 2.53. The van der Waals surface area contributed by atoms with Gasteiger partial charge in [0.15, 0.2) is 0 Å². The highest BCUT2D eigenvalue weighted by Crippen LogP contribution is 2.24. The molecule has 0 aliphatic rings. The van der Waals surface area contributed by atoms with Crippen molar-refractivity contribution in [3.05, 3.63) is 28.8 Å². The molecule has 0 aliphatic heterocycles. The Morgan fingerprint density at radius 2 is 2.16 bits per heavy atom. The van der Waals surface area contributed by atoms with Gasteiger partial charge < -0.3 is 14.4 Å². The van der Waals surface area contributed by atoms with Crippen molar-refractivity contribution in [3.63, 3.8) is 0 Å². The first-order chi connectivity index (χ1) is 9.10. The van der Waals surface area contributed by atoms with Crippen LogP contribution in [0.1, 0.15) is 10.4 Å². The van der Waals surface area contributed by atoms with Crippen LogP contribution < -0.4 is 4.74 Å². The average Bonchev–Trinajstić information content (AvgIpc) is 2.42. The lowest BCUT2D eigenvalue weighted by atomic mass is 10.2.